The summed E-state index contributed by atoms with van der Waals surface area (Å²) in [5.74, 6) is -1.07. The highest BCUT2D eigenvalue weighted by Crippen LogP contribution is 2.28. The van der Waals surface area contributed by atoms with Gasteiger partial charge >= 0.3 is 6.18 Å². The Morgan fingerprint density at radius 1 is 1.04 bits per heavy atom. The minimum atomic E-state index is -4.51. The molecule has 1 aliphatic rings. The Labute approximate surface area is 165 Å². The van der Waals surface area contributed by atoms with Crippen molar-refractivity contribution in [1.82, 2.24) is 19.9 Å². The molecule has 0 aliphatic carbocycles. The number of nitrogens with zero attached hydrogens (tertiary/aromatic N) is 4. The molecule has 0 spiro atoms. The zero-order valence-corrected chi connectivity index (χ0v) is 15.5. The molecule has 0 radical (unpaired) electrons. The number of pyridine rings is 1. The Kier molecular flexibility index (Phi) is 5.03. The molecule has 3 aromatic rings. The fourth-order valence-corrected chi connectivity index (χ4v) is 3.48. The minimum absolute atomic E-state index is 0.464. The van der Waals surface area contributed by atoms with Crippen LogP contribution in [0.15, 0.2) is 48.8 Å². The fourth-order valence-electron chi connectivity index (χ4n) is 3.25. The third-order valence-corrected chi connectivity index (χ3v) is 4.98. The highest BCUT2D eigenvalue weighted by molar-refractivity contribution is 6.33. The van der Waals surface area contributed by atoms with E-state index in [9.17, 15) is 13.2 Å². The molecule has 0 fully saturated rings. The van der Waals surface area contributed by atoms with Gasteiger partial charge in [-0.2, -0.15) is 13.2 Å². The van der Waals surface area contributed by atoms with Gasteiger partial charge in [0, 0.05) is 54.6 Å². The predicted octanol–water partition coefficient (Wildman–Crippen LogP) is 4.77. The second-order valence-corrected chi connectivity index (χ2v) is 7.06. The molecule has 4 nitrogen and oxygen atoms in total. The van der Waals surface area contributed by atoms with Crippen molar-refractivity contribution in [3.05, 3.63) is 76.5 Å². The fraction of sp³-hybridized carbons (Fsp3) is 0.250. The highest BCUT2D eigenvalue weighted by Gasteiger charge is 2.35. The first-order valence-corrected chi connectivity index (χ1v) is 9.12. The van der Waals surface area contributed by atoms with Crippen LogP contribution in [0.4, 0.5) is 13.2 Å². The van der Waals surface area contributed by atoms with Crippen LogP contribution in [0.25, 0.3) is 11.3 Å². The van der Waals surface area contributed by atoms with Gasteiger partial charge in [-0.05, 0) is 17.7 Å². The van der Waals surface area contributed by atoms with Crippen LogP contribution in [0.1, 0.15) is 22.6 Å². The highest BCUT2D eigenvalue weighted by atomic mass is 35.5. The van der Waals surface area contributed by atoms with Crippen LogP contribution in [0, 0.1) is 0 Å². The SMILES string of the molecule is FC(F)(F)c1ncc2c(n1)CCN(Cc1ccc(-c3ccccc3Cl)nc1)C2. The van der Waals surface area contributed by atoms with Gasteiger partial charge in [-0.25, -0.2) is 9.97 Å². The van der Waals surface area contributed by atoms with Gasteiger partial charge < -0.3 is 0 Å². The molecule has 0 bridgehead atoms. The molecule has 144 valence electrons. The molecule has 0 atom stereocenters. The van der Waals surface area contributed by atoms with E-state index < -0.39 is 12.0 Å². The van der Waals surface area contributed by atoms with Crippen LogP contribution in [0.3, 0.4) is 0 Å². The molecule has 28 heavy (non-hydrogen) atoms. The lowest BCUT2D eigenvalue weighted by Gasteiger charge is -2.28. The van der Waals surface area contributed by atoms with E-state index in [1.54, 1.807) is 6.20 Å². The van der Waals surface area contributed by atoms with Crippen molar-refractivity contribution in [2.75, 3.05) is 6.54 Å². The molecule has 1 aliphatic heterocycles. The second-order valence-electron chi connectivity index (χ2n) is 6.66. The normalized spacial score (nSPS) is 14.7. The average molecular weight is 405 g/mol. The van der Waals surface area contributed by atoms with E-state index in [0.29, 0.717) is 36.8 Å². The molecule has 0 saturated carbocycles. The largest absolute Gasteiger partial charge is 0.451 e. The lowest BCUT2D eigenvalue weighted by Crippen LogP contribution is -2.31. The number of rotatable bonds is 3. The summed E-state index contributed by atoms with van der Waals surface area (Å²) >= 11 is 6.21. The Morgan fingerprint density at radius 2 is 1.86 bits per heavy atom. The second kappa shape index (κ2) is 7.48. The lowest BCUT2D eigenvalue weighted by atomic mass is 10.1. The first-order valence-electron chi connectivity index (χ1n) is 8.74. The number of benzene rings is 1. The van der Waals surface area contributed by atoms with Crippen molar-refractivity contribution in [3.63, 3.8) is 0 Å². The monoisotopic (exact) mass is 404 g/mol. The van der Waals surface area contributed by atoms with Crippen molar-refractivity contribution < 1.29 is 13.2 Å². The quantitative estimate of drug-likeness (QED) is 0.630. The van der Waals surface area contributed by atoms with Gasteiger partial charge in [-0.15, -0.1) is 0 Å². The molecule has 3 heterocycles. The molecular formula is C20H16ClF3N4. The minimum Gasteiger partial charge on any atom is -0.294 e. The van der Waals surface area contributed by atoms with Gasteiger partial charge in [0.25, 0.3) is 0 Å². The Hall–Kier alpha value is -2.51. The van der Waals surface area contributed by atoms with Crippen LogP contribution in [-0.2, 0) is 25.7 Å². The molecule has 0 unspecified atom stereocenters. The zero-order valence-electron chi connectivity index (χ0n) is 14.7. The van der Waals surface area contributed by atoms with Crippen LogP contribution >= 0.6 is 11.6 Å². The number of halogens is 4. The number of alkyl halides is 3. The summed E-state index contributed by atoms with van der Waals surface area (Å²) in [4.78, 5) is 13.8. The third kappa shape index (κ3) is 4.00. The van der Waals surface area contributed by atoms with Gasteiger partial charge in [0.15, 0.2) is 0 Å². The van der Waals surface area contributed by atoms with E-state index in [2.05, 4.69) is 19.9 Å². The summed E-state index contributed by atoms with van der Waals surface area (Å²) < 4.78 is 38.3. The maximum atomic E-state index is 12.8. The van der Waals surface area contributed by atoms with Crippen molar-refractivity contribution in [3.8, 4) is 11.3 Å². The van der Waals surface area contributed by atoms with Crippen molar-refractivity contribution in [1.29, 1.82) is 0 Å². The first-order chi connectivity index (χ1) is 13.4. The average Bonchev–Trinajstić information content (AvgIpc) is 2.68. The number of hydrogen-bond acceptors (Lipinski definition) is 4. The molecule has 8 heteroatoms. The molecule has 2 aromatic heterocycles. The van der Waals surface area contributed by atoms with E-state index in [-0.39, 0.29) is 0 Å². The number of fused-ring (bicyclic) bond motifs is 1. The van der Waals surface area contributed by atoms with E-state index in [1.807, 2.05) is 36.4 Å². The molecule has 0 saturated heterocycles. The summed E-state index contributed by atoms with van der Waals surface area (Å²) in [5, 5.41) is 0.647. The Morgan fingerprint density at radius 3 is 2.57 bits per heavy atom. The summed E-state index contributed by atoms with van der Waals surface area (Å²) in [6.45, 7) is 1.80. The topological polar surface area (TPSA) is 41.9 Å². The lowest BCUT2D eigenvalue weighted by molar-refractivity contribution is -0.145. The van der Waals surface area contributed by atoms with Crippen LogP contribution < -0.4 is 0 Å². The number of hydrogen-bond donors (Lipinski definition) is 0. The van der Waals surface area contributed by atoms with Crippen molar-refractivity contribution in [2.24, 2.45) is 0 Å². The Balaban J connectivity index is 1.45. The van der Waals surface area contributed by atoms with Gasteiger partial charge in [-0.3, -0.25) is 9.88 Å². The van der Waals surface area contributed by atoms with Gasteiger partial charge in [-0.1, -0.05) is 35.9 Å². The van der Waals surface area contributed by atoms with Crippen LogP contribution in [-0.4, -0.2) is 26.4 Å². The van der Waals surface area contributed by atoms with E-state index >= 15 is 0 Å². The molecule has 0 N–H and O–H groups in total. The molecule has 4 rings (SSSR count). The predicted molar refractivity (Wildman–Crippen MR) is 99.5 cm³/mol. The first kappa shape index (κ1) is 18.8. The van der Waals surface area contributed by atoms with Crippen LogP contribution in [0.2, 0.25) is 5.02 Å². The molecule has 1 aromatic carbocycles. The van der Waals surface area contributed by atoms with Crippen molar-refractivity contribution >= 4 is 11.6 Å². The van der Waals surface area contributed by atoms with E-state index in [4.69, 9.17) is 11.6 Å². The van der Waals surface area contributed by atoms with Gasteiger partial charge in [0.1, 0.15) is 0 Å². The van der Waals surface area contributed by atoms with Crippen molar-refractivity contribution in [2.45, 2.75) is 25.7 Å². The molecular weight excluding hydrogens is 389 g/mol. The van der Waals surface area contributed by atoms with E-state index in [0.717, 1.165) is 22.4 Å². The summed E-state index contributed by atoms with van der Waals surface area (Å²) in [5.41, 5.74) is 3.91. The maximum absolute atomic E-state index is 12.8. The molecule has 0 amide bonds. The maximum Gasteiger partial charge on any atom is 0.451 e. The summed E-state index contributed by atoms with van der Waals surface area (Å²) in [6, 6.07) is 11.4. The van der Waals surface area contributed by atoms with Gasteiger partial charge in [0.05, 0.1) is 11.4 Å². The third-order valence-electron chi connectivity index (χ3n) is 4.65. The number of aromatic nitrogens is 3. The summed E-state index contributed by atoms with van der Waals surface area (Å²) in [6.07, 6.45) is -0.958. The standard InChI is InChI=1S/C20H16ClF3N4/c21-16-4-2-1-3-15(16)18-6-5-13(9-25-18)11-28-8-7-17-14(12-28)10-26-19(27-17)20(22,23)24/h1-6,9-10H,7-8,11-12H2. The Bertz CT molecular complexity index is 989. The van der Waals surface area contributed by atoms with Crippen LogP contribution in [0.5, 0.6) is 0 Å². The van der Waals surface area contributed by atoms with Gasteiger partial charge in [0.2, 0.25) is 5.82 Å². The van der Waals surface area contributed by atoms with E-state index in [1.165, 1.54) is 6.20 Å². The zero-order chi connectivity index (χ0) is 19.7. The smallest absolute Gasteiger partial charge is 0.294 e. The summed E-state index contributed by atoms with van der Waals surface area (Å²) in [7, 11) is 0.